The van der Waals surface area contributed by atoms with Crippen LogP contribution in [-0.2, 0) is 10.0 Å². The van der Waals surface area contributed by atoms with Crippen molar-refractivity contribution in [3.8, 4) is 5.88 Å². The summed E-state index contributed by atoms with van der Waals surface area (Å²) in [5, 5.41) is 3.00. The Hall–Kier alpha value is -1.41. The van der Waals surface area contributed by atoms with Gasteiger partial charge in [-0.2, -0.15) is 4.98 Å². The van der Waals surface area contributed by atoms with Crippen LogP contribution >= 0.6 is 0 Å². The molecule has 20 heavy (non-hydrogen) atoms. The van der Waals surface area contributed by atoms with Crippen LogP contribution in [-0.4, -0.2) is 43.3 Å². The number of hydrogen-bond donors (Lipinski definition) is 2. The maximum atomic E-state index is 11.2. The van der Waals surface area contributed by atoms with Crippen molar-refractivity contribution < 1.29 is 13.2 Å². The highest BCUT2D eigenvalue weighted by Crippen LogP contribution is 2.10. The van der Waals surface area contributed by atoms with Crippen LogP contribution in [0, 0.1) is 0 Å². The van der Waals surface area contributed by atoms with Gasteiger partial charge < -0.3 is 10.1 Å². The first-order valence-corrected chi connectivity index (χ1v) is 8.30. The molecule has 1 rings (SSSR count). The van der Waals surface area contributed by atoms with Crippen LogP contribution in [0.2, 0.25) is 0 Å². The minimum Gasteiger partial charge on any atom is -0.478 e. The van der Waals surface area contributed by atoms with Crippen molar-refractivity contribution in [1.29, 1.82) is 0 Å². The Morgan fingerprint density at radius 3 is 2.70 bits per heavy atom. The van der Waals surface area contributed by atoms with Crippen LogP contribution in [0.1, 0.15) is 27.2 Å². The molecule has 0 aromatic carbocycles. The molecule has 1 aromatic rings. The van der Waals surface area contributed by atoms with E-state index in [1.165, 1.54) is 0 Å². The molecule has 0 aliphatic heterocycles. The SMILES string of the molecule is CCCOc1ccnc(NCC(C)(C)NS(C)(=O)=O)n1. The van der Waals surface area contributed by atoms with Gasteiger partial charge in [-0.15, -0.1) is 0 Å². The third-order valence-corrected chi connectivity index (χ3v) is 3.16. The molecule has 0 saturated carbocycles. The monoisotopic (exact) mass is 302 g/mol. The highest BCUT2D eigenvalue weighted by Gasteiger charge is 2.22. The van der Waals surface area contributed by atoms with Gasteiger partial charge in [0, 0.05) is 24.3 Å². The lowest BCUT2D eigenvalue weighted by atomic mass is 10.1. The first kappa shape index (κ1) is 16.6. The second-order valence-electron chi connectivity index (χ2n) is 5.18. The molecule has 2 N–H and O–H groups in total. The number of ether oxygens (including phenoxy) is 1. The largest absolute Gasteiger partial charge is 0.478 e. The van der Waals surface area contributed by atoms with Gasteiger partial charge >= 0.3 is 0 Å². The van der Waals surface area contributed by atoms with Crippen molar-refractivity contribution in [2.24, 2.45) is 0 Å². The number of anilines is 1. The van der Waals surface area contributed by atoms with Crippen LogP contribution in [0.15, 0.2) is 12.3 Å². The third kappa shape index (κ3) is 6.67. The average molecular weight is 302 g/mol. The second kappa shape index (κ2) is 6.85. The van der Waals surface area contributed by atoms with Crippen molar-refractivity contribution in [2.45, 2.75) is 32.7 Å². The smallest absolute Gasteiger partial charge is 0.226 e. The van der Waals surface area contributed by atoms with E-state index in [4.69, 9.17) is 4.74 Å². The fraction of sp³-hybridized carbons (Fsp3) is 0.667. The summed E-state index contributed by atoms with van der Waals surface area (Å²) < 4.78 is 30.4. The highest BCUT2D eigenvalue weighted by molar-refractivity contribution is 7.88. The predicted octanol–water partition coefficient (Wildman–Crippen LogP) is 1.01. The summed E-state index contributed by atoms with van der Waals surface area (Å²) in [4.78, 5) is 8.26. The van der Waals surface area contributed by atoms with Gasteiger partial charge in [-0.25, -0.2) is 18.1 Å². The third-order valence-electron chi connectivity index (χ3n) is 2.23. The lowest BCUT2D eigenvalue weighted by molar-refractivity contribution is 0.305. The summed E-state index contributed by atoms with van der Waals surface area (Å²) in [5.41, 5.74) is -0.642. The minimum absolute atomic E-state index is 0.358. The Morgan fingerprint density at radius 2 is 2.10 bits per heavy atom. The number of rotatable bonds is 8. The Balaban J connectivity index is 2.60. The normalized spacial score (nSPS) is 12.2. The molecule has 0 bridgehead atoms. The zero-order chi connectivity index (χ0) is 15.2. The molecule has 0 amide bonds. The van der Waals surface area contributed by atoms with Crippen molar-refractivity contribution in [2.75, 3.05) is 24.7 Å². The van der Waals surface area contributed by atoms with E-state index < -0.39 is 15.6 Å². The molecule has 8 heteroatoms. The zero-order valence-corrected chi connectivity index (χ0v) is 13.1. The van der Waals surface area contributed by atoms with Gasteiger partial charge in [0.1, 0.15) is 0 Å². The maximum absolute atomic E-state index is 11.2. The lowest BCUT2D eigenvalue weighted by Gasteiger charge is -2.25. The minimum atomic E-state index is -3.26. The summed E-state index contributed by atoms with van der Waals surface area (Å²) >= 11 is 0. The van der Waals surface area contributed by atoms with E-state index in [1.54, 1.807) is 26.1 Å². The maximum Gasteiger partial charge on any atom is 0.226 e. The van der Waals surface area contributed by atoms with Gasteiger partial charge in [0.05, 0.1) is 12.9 Å². The van der Waals surface area contributed by atoms with Gasteiger partial charge in [0.25, 0.3) is 0 Å². The molecule has 1 aromatic heterocycles. The van der Waals surface area contributed by atoms with Gasteiger partial charge in [-0.05, 0) is 20.3 Å². The average Bonchev–Trinajstić information content (AvgIpc) is 2.32. The van der Waals surface area contributed by atoms with E-state index in [-0.39, 0.29) is 0 Å². The van der Waals surface area contributed by atoms with E-state index in [1.807, 2.05) is 6.92 Å². The molecule has 0 aliphatic rings. The van der Waals surface area contributed by atoms with Crippen molar-refractivity contribution >= 4 is 16.0 Å². The van der Waals surface area contributed by atoms with Crippen LogP contribution in [0.25, 0.3) is 0 Å². The first-order chi connectivity index (χ1) is 9.22. The summed E-state index contributed by atoms with van der Waals surface area (Å²) in [5.74, 6) is 0.903. The summed E-state index contributed by atoms with van der Waals surface area (Å²) in [6.07, 6.45) is 3.62. The quantitative estimate of drug-likeness (QED) is 0.744. The molecule has 0 aliphatic carbocycles. The standard InChI is InChI=1S/C12H22N4O3S/c1-5-8-19-10-6-7-13-11(15-10)14-9-12(2,3)16-20(4,17)18/h6-7,16H,5,8-9H2,1-4H3,(H,13,14,15). The topological polar surface area (TPSA) is 93.2 Å². The Bertz CT molecular complexity index is 531. The molecule has 0 fully saturated rings. The second-order valence-corrected chi connectivity index (χ2v) is 6.93. The molecular formula is C12H22N4O3S. The van der Waals surface area contributed by atoms with Gasteiger partial charge in [0.15, 0.2) is 0 Å². The van der Waals surface area contributed by atoms with E-state index >= 15 is 0 Å². The Kier molecular flexibility index (Phi) is 5.70. The first-order valence-electron chi connectivity index (χ1n) is 6.40. The van der Waals surface area contributed by atoms with Crippen LogP contribution < -0.4 is 14.8 Å². The van der Waals surface area contributed by atoms with E-state index in [0.717, 1.165) is 12.7 Å². The molecule has 0 atom stereocenters. The summed E-state index contributed by atoms with van der Waals surface area (Å²) in [6, 6.07) is 1.68. The van der Waals surface area contributed by atoms with E-state index in [0.29, 0.717) is 25.0 Å². The predicted molar refractivity (Wildman–Crippen MR) is 78.4 cm³/mol. The zero-order valence-electron chi connectivity index (χ0n) is 12.3. The van der Waals surface area contributed by atoms with Gasteiger partial charge in [-0.3, -0.25) is 0 Å². The van der Waals surface area contributed by atoms with Crippen molar-refractivity contribution in [3.05, 3.63) is 12.3 Å². The summed E-state index contributed by atoms with van der Waals surface area (Å²) in [7, 11) is -3.26. The van der Waals surface area contributed by atoms with Crippen LogP contribution in [0.5, 0.6) is 5.88 Å². The van der Waals surface area contributed by atoms with Gasteiger partial charge in [-0.1, -0.05) is 6.92 Å². The highest BCUT2D eigenvalue weighted by atomic mass is 32.2. The van der Waals surface area contributed by atoms with Crippen LogP contribution in [0.3, 0.4) is 0 Å². The summed E-state index contributed by atoms with van der Waals surface area (Å²) in [6.45, 7) is 6.52. The number of sulfonamides is 1. The Labute approximate surface area is 120 Å². The Morgan fingerprint density at radius 1 is 1.40 bits per heavy atom. The number of nitrogens with zero attached hydrogens (tertiary/aromatic N) is 2. The molecular weight excluding hydrogens is 280 g/mol. The number of aromatic nitrogens is 2. The van der Waals surface area contributed by atoms with E-state index in [2.05, 4.69) is 20.0 Å². The molecule has 0 saturated heterocycles. The molecule has 0 unspecified atom stereocenters. The molecule has 7 nitrogen and oxygen atoms in total. The molecule has 0 spiro atoms. The fourth-order valence-electron chi connectivity index (χ4n) is 1.55. The molecule has 1 heterocycles. The molecule has 114 valence electrons. The van der Waals surface area contributed by atoms with Gasteiger partial charge in [0.2, 0.25) is 21.9 Å². The number of hydrogen-bond acceptors (Lipinski definition) is 6. The van der Waals surface area contributed by atoms with E-state index in [9.17, 15) is 8.42 Å². The van der Waals surface area contributed by atoms with Crippen molar-refractivity contribution in [3.63, 3.8) is 0 Å². The van der Waals surface area contributed by atoms with Crippen molar-refractivity contribution in [1.82, 2.24) is 14.7 Å². The fourth-order valence-corrected chi connectivity index (χ4v) is 2.63. The lowest BCUT2D eigenvalue weighted by Crippen LogP contribution is -2.47. The molecule has 0 radical (unpaired) electrons. The van der Waals surface area contributed by atoms with Crippen LogP contribution in [0.4, 0.5) is 5.95 Å². The number of nitrogens with one attached hydrogen (secondary N) is 2.